The number of anilines is 2. The number of nitrogens with one attached hydrogen (secondary N) is 1. The van der Waals surface area contributed by atoms with Gasteiger partial charge in [-0.2, -0.15) is 0 Å². The lowest BCUT2D eigenvalue weighted by Gasteiger charge is -2.37. The van der Waals surface area contributed by atoms with Gasteiger partial charge in [0.25, 0.3) is 0 Å². The van der Waals surface area contributed by atoms with Crippen molar-refractivity contribution in [3.63, 3.8) is 0 Å². The number of ether oxygens (including phenoxy) is 2. The summed E-state index contributed by atoms with van der Waals surface area (Å²) < 4.78 is 11.5. The molecule has 1 aromatic carbocycles. The zero-order valence-corrected chi connectivity index (χ0v) is 12.4. The molecule has 2 unspecified atom stereocenters. The Morgan fingerprint density at radius 2 is 2.20 bits per heavy atom. The third-order valence-corrected chi connectivity index (χ3v) is 4.29. The number of hydrogen-bond acceptors (Lipinski definition) is 4. The summed E-state index contributed by atoms with van der Waals surface area (Å²) in [6.07, 6.45) is 3.13. The minimum atomic E-state index is -0.0327. The van der Waals surface area contributed by atoms with E-state index in [9.17, 15) is 0 Å². The smallest absolute Gasteiger partial charge is 0.0956 e. The van der Waals surface area contributed by atoms with Gasteiger partial charge < -0.3 is 19.7 Å². The van der Waals surface area contributed by atoms with E-state index in [1.807, 2.05) is 0 Å². The number of nitrogens with zero attached hydrogens (tertiary/aromatic N) is 1. The lowest BCUT2D eigenvalue weighted by atomic mass is 9.89. The average Bonchev–Trinajstić information content (AvgIpc) is 2.87. The quantitative estimate of drug-likeness (QED) is 0.919. The van der Waals surface area contributed by atoms with E-state index in [0.717, 1.165) is 39.1 Å². The summed E-state index contributed by atoms with van der Waals surface area (Å²) in [5, 5.41) is 3.67. The van der Waals surface area contributed by atoms with Crippen LogP contribution in [0.3, 0.4) is 0 Å². The van der Waals surface area contributed by atoms with Crippen LogP contribution in [0.5, 0.6) is 0 Å². The first-order valence-electron chi connectivity index (χ1n) is 7.43. The SMILES string of the molecule is CN(C)c1cccc(NC2CCOC3(CCOC3)C2)c1. The molecule has 0 bridgehead atoms. The molecule has 4 nitrogen and oxygen atoms in total. The molecule has 0 aromatic heterocycles. The van der Waals surface area contributed by atoms with Crippen LogP contribution >= 0.6 is 0 Å². The van der Waals surface area contributed by atoms with Crippen LogP contribution < -0.4 is 10.2 Å². The van der Waals surface area contributed by atoms with Crippen LogP contribution in [0.2, 0.25) is 0 Å². The van der Waals surface area contributed by atoms with Crippen LogP contribution in [-0.4, -0.2) is 45.6 Å². The van der Waals surface area contributed by atoms with E-state index in [-0.39, 0.29) is 5.60 Å². The van der Waals surface area contributed by atoms with Crippen LogP contribution in [0.15, 0.2) is 24.3 Å². The Hall–Kier alpha value is -1.26. The van der Waals surface area contributed by atoms with E-state index in [2.05, 4.69) is 48.6 Å². The van der Waals surface area contributed by atoms with Gasteiger partial charge in [0.15, 0.2) is 0 Å². The number of rotatable bonds is 3. The lowest BCUT2D eigenvalue weighted by Crippen LogP contribution is -2.44. The van der Waals surface area contributed by atoms with Gasteiger partial charge >= 0.3 is 0 Å². The monoisotopic (exact) mass is 276 g/mol. The molecule has 1 N–H and O–H groups in total. The molecule has 2 aliphatic rings. The van der Waals surface area contributed by atoms with E-state index in [1.165, 1.54) is 11.4 Å². The fraction of sp³-hybridized carbons (Fsp3) is 0.625. The van der Waals surface area contributed by atoms with Crippen LogP contribution in [0.1, 0.15) is 19.3 Å². The Labute approximate surface area is 121 Å². The van der Waals surface area contributed by atoms with Crippen molar-refractivity contribution in [3.05, 3.63) is 24.3 Å². The normalized spacial score (nSPS) is 29.6. The summed E-state index contributed by atoms with van der Waals surface area (Å²) in [5.74, 6) is 0. The maximum Gasteiger partial charge on any atom is 0.0956 e. The standard InChI is InChI=1S/C16H24N2O2/c1-18(2)15-5-3-4-13(10-15)17-14-6-8-20-16(11-14)7-9-19-12-16/h3-5,10,14,17H,6-9,11-12H2,1-2H3. The highest BCUT2D eigenvalue weighted by atomic mass is 16.6. The van der Waals surface area contributed by atoms with Crippen molar-refractivity contribution in [2.75, 3.05) is 44.1 Å². The molecule has 0 amide bonds. The molecule has 110 valence electrons. The zero-order chi connectivity index (χ0) is 14.0. The summed E-state index contributed by atoms with van der Waals surface area (Å²) in [5.41, 5.74) is 2.38. The molecule has 0 radical (unpaired) electrons. The van der Waals surface area contributed by atoms with Crippen LogP contribution in [0.25, 0.3) is 0 Å². The third-order valence-electron chi connectivity index (χ3n) is 4.29. The molecular formula is C16H24N2O2. The summed E-state index contributed by atoms with van der Waals surface area (Å²) in [6, 6.07) is 9.04. The Bertz CT molecular complexity index is 456. The predicted molar refractivity (Wildman–Crippen MR) is 81.5 cm³/mol. The molecule has 0 saturated carbocycles. The van der Waals surface area contributed by atoms with E-state index >= 15 is 0 Å². The molecule has 4 heteroatoms. The van der Waals surface area contributed by atoms with Crippen molar-refractivity contribution >= 4 is 11.4 Å². The second-order valence-corrected chi connectivity index (χ2v) is 6.11. The van der Waals surface area contributed by atoms with Gasteiger partial charge in [-0.25, -0.2) is 0 Å². The fourth-order valence-corrected chi connectivity index (χ4v) is 3.12. The van der Waals surface area contributed by atoms with Crippen molar-refractivity contribution in [1.82, 2.24) is 0 Å². The summed E-state index contributed by atoms with van der Waals surface area (Å²) in [4.78, 5) is 2.13. The second-order valence-electron chi connectivity index (χ2n) is 6.11. The molecule has 2 heterocycles. The van der Waals surface area contributed by atoms with Gasteiger partial charge in [0.2, 0.25) is 0 Å². The number of hydrogen-bond donors (Lipinski definition) is 1. The molecule has 2 atom stereocenters. The molecular weight excluding hydrogens is 252 g/mol. The summed E-state index contributed by atoms with van der Waals surface area (Å²) >= 11 is 0. The topological polar surface area (TPSA) is 33.7 Å². The highest BCUT2D eigenvalue weighted by Crippen LogP contribution is 2.34. The molecule has 0 aliphatic carbocycles. The van der Waals surface area contributed by atoms with E-state index in [1.54, 1.807) is 0 Å². The fourth-order valence-electron chi connectivity index (χ4n) is 3.12. The predicted octanol–water partition coefficient (Wildman–Crippen LogP) is 2.50. The van der Waals surface area contributed by atoms with E-state index in [0.29, 0.717) is 6.04 Å². The number of benzene rings is 1. The van der Waals surface area contributed by atoms with Crippen molar-refractivity contribution in [2.45, 2.75) is 30.9 Å². The van der Waals surface area contributed by atoms with E-state index < -0.39 is 0 Å². The second kappa shape index (κ2) is 5.62. The molecule has 2 fully saturated rings. The van der Waals surface area contributed by atoms with Crippen LogP contribution in [0, 0.1) is 0 Å². The zero-order valence-electron chi connectivity index (χ0n) is 12.4. The van der Waals surface area contributed by atoms with Crippen molar-refractivity contribution < 1.29 is 9.47 Å². The molecule has 2 aliphatic heterocycles. The molecule has 2 saturated heterocycles. The van der Waals surface area contributed by atoms with Gasteiger partial charge in [0, 0.05) is 51.1 Å². The first-order valence-corrected chi connectivity index (χ1v) is 7.43. The van der Waals surface area contributed by atoms with Crippen LogP contribution in [-0.2, 0) is 9.47 Å². The Kier molecular flexibility index (Phi) is 3.85. The minimum Gasteiger partial charge on any atom is -0.382 e. The minimum absolute atomic E-state index is 0.0327. The highest BCUT2D eigenvalue weighted by Gasteiger charge is 2.40. The lowest BCUT2D eigenvalue weighted by molar-refractivity contribution is -0.0828. The maximum absolute atomic E-state index is 5.98. The van der Waals surface area contributed by atoms with Gasteiger partial charge in [0.1, 0.15) is 0 Å². The van der Waals surface area contributed by atoms with Crippen molar-refractivity contribution in [3.8, 4) is 0 Å². The van der Waals surface area contributed by atoms with Crippen molar-refractivity contribution in [1.29, 1.82) is 0 Å². The highest BCUT2D eigenvalue weighted by molar-refractivity contribution is 5.57. The van der Waals surface area contributed by atoms with Crippen molar-refractivity contribution in [2.24, 2.45) is 0 Å². The Morgan fingerprint density at radius 3 is 2.95 bits per heavy atom. The Balaban J connectivity index is 1.66. The van der Waals surface area contributed by atoms with Gasteiger partial charge in [-0.1, -0.05) is 6.07 Å². The van der Waals surface area contributed by atoms with E-state index in [4.69, 9.17) is 9.47 Å². The summed E-state index contributed by atoms with van der Waals surface area (Å²) in [6.45, 7) is 2.42. The third kappa shape index (κ3) is 2.91. The van der Waals surface area contributed by atoms with Gasteiger partial charge in [0.05, 0.1) is 12.2 Å². The molecule has 3 rings (SSSR count). The molecule has 1 aromatic rings. The summed E-state index contributed by atoms with van der Waals surface area (Å²) in [7, 11) is 4.14. The Morgan fingerprint density at radius 1 is 1.30 bits per heavy atom. The first-order chi connectivity index (χ1) is 9.67. The largest absolute Gasteiger partial charge is 0.382 e. The molecule has 1 spiro atoms. The van der Waals surface area contributed by atoms with Gasteiger partial charge in [-0.15, -0.1) is 0 Å². The average molecular weight is 276 g/mol. The van der Waals surface area contributed by atoms with Gasteiger partial charge in [-0.05, 0) is 31.0 Å². The first kappa shape index (κ1) is 13.7. The maximum atomic E-state index is 5.98. The van der Waals surface area contributed by atoms with Gasteiger partial charge in [-0.3, -0.25) is 0 Å². The van der Waals surface area contributed by atoms with Crippen LogP contribution in [0.4, 0.5) is 11.4 Å². The molecule has 20 heavy (non-hydrogen) atoms.